The van der Waals surface area contributed by atoms with Crippen LogP contribution in [0.25, 0.3) is 5.57 Å². The number of carbonyl (C=O) groups excluding carboxylic acids is 1. The quantitative estimate of drug-likeness (QED) is 0.743. The lowest BCUT2D eigenvalue weighted by atomic mass is 9.82. The predicted molar refractivity (Wildman–Crippen MR) is 108 cm³/mol. The fourth-order valence-corrected chi connectivity index (χ4v) is 4.33. The van der Waals surface area contributed by atoms with Crippen LogP contribution in [0.15, 0.2) is 54.6 Å². The van der Waals surface area contributed by atoms with Gasteiger partial charge in [0.1, 0.15) is 6.61 Å². The Morgan fingerprint density at radius 2 is 2.04 bits per heavy atom. The number of hydrogen-bond donors (Lipinski definition) is 0. The maximum Gasteiger partial charge on any atom is 0.410 e. The lowest BCUT2D eigenvalue weighted by molar-refractivity contribution is 0.0510. The molecule has 0 radical (unpaired) electrons. The number of fused-ring (bicyclic) bond motifs is 2. The highest BCUT2D eigenvalue weighted by Crippen LogP contribution is 2.38. The minimum Gasteiger partial charge on any atom is -0.445 e. The van der Waals surface area contributed by atoms with E-state index in [0.29, 0.717) is 12.2 Å². The van der Waals surface area contributed by atoms with Gasteiger partial charge in [-0.25, -0.2) is 4.79 Å². The van der Waals surface area contributed by atoms with Crippen molar-refractivity contribution in [3.05, 3.63) is 76.9 Å². The van der Waals surface area contributed by atoms with Crippen LogP contribution in [0.2, 0.25) is 0 Å². The first-order valence-electron chi connectivity index (χ1n) is 9.86. The van der Waals surface area contributed by atoms with Gasteiger partial charge in [0.05, 0.1) is 17.7 Å². The summed E-state index contributed by atoms with van der Waals surface area (Å²) in [5, 5.41) is 9.50. The highest BCUT2D eigenvalue weighted by Gasteiger charge is 2.38. The monoisotopic (exact) mass is 372 g/mol. The Morgan fingerprint density at radius 1 is 1.21 bits per heavy atom. The van der Waals surface area contributed by atoms with E-state index in [0.717, 1.165) is 42.4 Å². The zero-order chi connectivity index (χ0) is 19.5. The minimum absolute atomic E-state index is 0.0397. The summed E-state index contributed by atoms with van der Waals surface area (Å²) < 4.78 is 5.61. The molecule has 2 bridgehead atoms. The summed E-state index contributed by atoms with van der Waals surface area (Å²) in [7, 11) is 0. The molecule has 0 N–H and O–H groups in total. The van der Waals surface area contributed by atoms with Crippen LogP contribution in [-0.2, 0) is 11.3 Å². The van der Waals surface area contributed by atoms with Gasteiger partial charge in [0.25, 0.3) is 0 Å². The third kappa shape index (κ3) is 3.66. The number of piperidine rings is 1. The molecule has 4 heteroatoms. The third-order valence-electron chi connectivity index (χ3n) is 5.69. The number of nitrogens with zero attached hydrogens (tertiary/aromatic N) is 2. The molecule has 4 nitrogen and oxygen atoms in total. The van der Waals surface area contributed by atoms with Crippen LogP contribution in [0, 0.1) is 18.3 Å². The van der Waals surface area contributed by atoms with Gasteiger partial charge in [-0.15, -0.1) is 0 Å². The van der Waals surface area contributed by atoms with Gasteiger partial charge in [0, 0.05) is 6.04 Å². The molecule has 28 heavy (non-hydrogen) atoms. The van der Waals surface area contributed by atoms with Crippen molar-refractivity contribution >= 4 is 11.7 Å². The maximum absolute atomic E-state index is 12.8. The molecular weight excluding hydrogens is 348 g/mol. The second-order valence-electron chi connectivity index (χ2n) is 7.66. The molecule has 0 spiro atoms. The zero-order valence-electron chi connectivity index (χ0n) is 16.1. The second kappa shape index (κ2) is 7.90. The molecule has 0 aromatic heterocycles. The largest absolute Gasteiger partial charge is 0.445 e. The van der Waals surface area contributed by atoms with E-state index in [9.17, 15) is 10.1 Å². The van der Waals surface area contributed by atoms with Gasteiger partial charge < -0.3 is 4.74 Å². The molecule has 2 aromatic rings. The summed E-state index contributed by atoms with van der Waals surface area (Å²) in [6.45, 7) is 2.34. The fourth-order valence-electron chi connectivity index (χ4n) is 4.33. The van der Waals surface area contributed by atoms with Gasteiger partial charge in [-0.05, 0) is 55.4 Å². The van der Waals surface area contributed by atoms with Crippen LogP contribution >= 0.6 is 0 Å². The van der Waals surface area contributed by atoms with Crippen molar-refractivity contribution in [2.45, 2.75) is 51.3 Å². The van der Waals surface area contributed by atoms with E-state index in [1.165, 1.54) is 5.57 Å². The molecule has 0 saturated carbocycles. The Hall–Kier alpha value is -3.06. The maximum atomic E-state index is 12.8. The summed E-state index contributed by atoms with van der Waals surface area (Å²) in [5.74, 6) is 0. The summed E-state index contributed by atoms with van der Waals surface area (Å²) in [5.41, 5.74) is 5.03. The van der Waals surface area contributed by atoms with Crippen molar-refractivity contribution in [1.29, 1.82) is 5.26 Å². The number of benzene rings is 2. The molecular formula is C24H24N2O2. The lowest BCUT2D eigenvalue weighted by Gasteiger charge is -2.44. The number of aryl methyl sites for hydroxylation is 1. The van der Waals surface area contributed by atoms with Crippen LogP contribution in [0.1, 0.15) is 47.9 Å². The zero-order valence-corrected chi connectivity index (χ0v) is 16.1. The Kier molecular flexibility index (Phi) is 5.16. The van der Waals surface area contributed by atoms with Crippen molar-refractivity contribution < 1.29 is 9.53 Å². The van der Waals surface area contributed by atoms with E-state index in [1.807, 2.05) is 54.3 Å². The molecule has 4 rings (SSSR count). The van der Waals surface area contributed by atoms with E-state index >= 15 is 0 Å². The molecule has 2 heterocycles. The molecule has 2 aliphatic heterocycles. The number of carbonyl (C=O) groups is 1. The topological polar surface area (TPSA) is 53.3 Å². The standard InChI is InChI=1S/C24H24N2O2/c1-17-10-11-19(15-25)23(12-17)20-13-21-8-5-9-22(14-20)26(21)24(27)28-16-18-6-3-2-4-7-18/h2-4,6-7,10-13,21-22H,5,8-9,14,16H2,1H3. The average molecular weight is 372 g/mol. The van der Waals surface area contributed by atoms with E-state index in [-0.39, 0.29) is 18.2 Å². The normalized spacial score (nSPS) is 20.9. The molecule has 1 saturated heterocycles. The van der Waals surface area contributed by atoms with Gasteiger partial charge in [-0.3, -0.25) is 4.90 Å². The molecule has 2 aromatic carbocycles. The lowest BCUT2D eigenvalue weighted by Crippen LogP contribution is -2.51. The summed E-state index contributed by atoms with van der Waals surface area (Å²) in [6.07, 6.45) is 5.74. The smallest absolute Gasteiger partial charge is 0.410 e. The Balaban J connectivity index is 1.55. The van der Waals surface area contributed by atoms with Gasteiger partial charge in [0.15, 0.2) is 0 Å². The summed E-state index contributed by atoms with van der Waals surface area (Å²) >= 11 is 0. The molecule has 2 aliphatic rings. The molecule has 1 amide bonds. The number of amides is 1. The summed E-state index contributed by atoms with van der Waals surface area (Å²) in [6, 6.07) is 18.2. The molecule has 2 atom stereocenters. The molecule has 1 fully saturated rings. The van der Waals surface area contributed by atoms with Crippen molar-refractivity contribution in [3.63, 3.8) is 0 Å². The average Bonchev–Trinajstić information content (AvgIpc) is 2.71. The molecule has 0 aliphatic carbocycles. The number of nitriles is 1. The highest BCUT2D eigenvalue weighted by molar-refractivity contribution is 5.76. The highest BCUT2D eigenvalue weighted by atomic mass is 16.6. The first-order chi connectivity index (χ1) is 13.7. The minimum atomic E-state index is -0.237. The van der Waals surface area contributed by atoms with E-state index in [1.54, 1.807) is 0 Å². The van der Waals surface area contributed by atoms with Crippen LogP contribution in [0.4, 0.5) is 4.79 Å². The van der Waals surface area contributed by atoms with Crippen LogP contribution < -0.4 is 0 Å². The Bertz CT molecular complexity index is 943. The van der Waals surface area contributed by atoms with E-state index in [2.05, 4.69) is 18.2 Å². The van der Waals surface area contributed by atoms with Crippen LogP contribution in [-0.4, -0.2) is 23.1 Å². The number of ether oxygens (including phenoxy) is 1. The first-order valence-corrected chi connectivity index (χ1v) is 9.86. The SMILES string of the molecule is Cc1ccc(C#N)c(C2=CC3CCCC(C2)N3C(=O)OCc2ccccc2)c1. The Labute approximate surface area is 166 Å². The van der Waals surface area contributed by atoms with Crippen LogP contribution in [0.5, 0.6) is 0 Å². The third-order valence-corrected chi connectivity index (χ3v) is 5.69. The van der Waals surface area contributed by atoms with E-state index in [4.69, 9.17) is 4.74 Å². The van der Waals surface area contributed by atoms with E-state index < -0.39 is 0 Å². The Morgan fingerprint density at radius 3 is 2.79 bits per heavy atom. The number of rotatable bonds is 3. The molecule has 2 unspecified atom stereocenters. The van der Waals surface area contributed by atoms with Crippen molar-refractivity contribution in [2.24, 2.45) is 0 Å². The summed E-state index contributed by atoms with van der Waals surface area (Å²) in [4.78, 5) is 14.7. The van der Waals surface area contributed by atoms with Gasteiger partial charge in [0.2, 0.25) is 0 Å². The van der Waals surface area contributed by atoms with Crippen molar-refractivity contribution in [2.75, 3.05) is 0 Å². The van der Waals surface area contributed by atoms with Crippen molar-refractivity contribution in [1.82, 2.24) is 4.90 Å². The second-order valence-corrected chi connectivity index (χ2v) is 7.66. The van der Waals surface area contributed by atoms with Gasteiger partial charge in [-0.1, -0.05) is 54.1 Å². The fraction of sp³-hybridized carbons (Fsp3) is 0.333. The predicted octanol–water partition coefficient (Wildman–Crippen LogP) is 5.21. The van der Waals surface area contributed by atoms with Gasteiger partial charge in [-0.2, -0.15) is 5.26 Å². The van der Waals surface area contributed by atoms with Crippen LogP contribution in [0.3, 0.4) is 0 Å². The first kappa shape index (κ1) is 18.3. The molecule has 142 valence electrons. The number of hydrogen-bond acceptors (Lipinski definition) is 3. The van der Waals surface area contributed by atoms with Crippen molar-refractivity contribution in [3.8, 4) is 6.07 Å². The van der Waals surface area contributed by atoms with Gasteiger partial charge >= 0.3 is 6.09 Å².